The molecule has 0 radical (unpaired) electrons. The van der Waals surface area contributed by atoms with Crippen molar-refractivity contribution >= 4 is 0 Å². The molecule has 0 aromatic heterocycles. The Bertz CT molecular complexity index is 299. The molecule has 0 spiro atoms. The molecule has 0 amide bonds. The fourth-order valence-corrected chi connectivity index (χ4v) is 3.49. The van der Waals surface area contributed by atoms with E-state index in [-0.39, 0.29) is 0 Å². The maximum Gasteiger partial charge on any atom is 0.0494 e. The Labute approximate surface area is 124 Å². The second-order valence-corrected chi connectivity index (χ2v) is 7.53. The molecule has 0 aromatic carbocycles. The molecule has 3 fully saturated rings. The van der Waals surface area contributed by atoms with Crippen LogP contribution in [0, 0.1) is 17.8 Å². The van der Waals surface area contributed by atoms with Gasteiger partial charge in [0.05, 0.1) is 0 Å². The van der Waals surface area contributed by atoms with Crippen LogP contribution in [0.25, 0.3) is 0 Å². The fourth-order valence-electron chi connectivity index (χ4n) is 3.49. The zero-order chi connectivity index (χ0) is 13.9. The molecule has 2 aliphatic carbocycles. The highest BCUT2D eigenvalue weighted by Crippen LogP contribution is 2.34. The van der Waals surface area contributed by atoms with Gasteiger partial charge in [-0.2, -0.15) is 0 Å². The average molecular weight is 280 g/mol. The van der Waals surface area contributed by atoms with Crippen molar-refractivity contribution in [2.75, 3.05) is 32.8 Å². The molecular weight excluding hydrogens is 248 g/mol. The lowest BCUT2D eigenvalue weighted by Crippen LogP contribution is -2.59. The van der Waals surface area contributed by atoms with Crippen LogP contribution in [0.3, 0.4) is 0 Å². The zero-order valence-electron chi connectivity index (χ0n) is 13.3. The first-order valence-corrected chi connectivity index (χ1v) is 8.79. The number of ether oxygens (including phenoxy) is 1. The van der Waals surface area contributed by atoms with Gasteiger partial charge >= 0.3 is 0 Å². The van der Waals surface area contributed by atoms with Crippen LogP contribution in [0.15, 0.2) is 0 Å². The second kappa shape index (κ2) is 6.76. The average Bonchev–Trinajstić information content (AvgIpc) is 3.30. The molecule has 2 atom stereocenters. The van der Waals surface area contributed by atoms with E-state index in [0.29, 0.717) is 6.04 Å². The maximum atomic E-state index is 5.79. The Kier molecular flexibility index (Phi) is 5.00. The highest BCUT2D eigenvalue weighted by Gasteiger charge is 2.37. The van der Waals surface area contributed by atoms with E-state index < -0.39 is 0 Å². The minimum absolute atomic E-state index is 0.716. The highest BCUT2D eigenvalue weighted by atomic mass is 16.5. The van der Waals surface area contributed by atoms with Gasteiger partial charge in [0.1, 0.15) is 0 Å². The third-order valence-electron chi connectivity index (χ3n) is 5.23. The lowest BCUT2D eigenvalue weighted by atomic mass is 9.97. The molecule has 1 aliphatic heterocycles. The standard InChI is InChI=1S/C17H32N2O/c1-13(2)17-10-18-16(15-6-7-15)11-19(17)8-3-9-20-12-14-4-5-14/h13-18H,3-12H2,1-2H3. The van der Waals surface area contributed by atoms with Crippen LogP contribution in [0.5, 0.6) is 0 Å². The lowest BCUT2D eigenvalue weighted by Gasteiger charge is -2.42. The van der Waals surface area contributed by atoms with Gasteiger partial charge in [0, 0.05) is 44.9 Å². The first-order chi connectivity index (χ1) is 9.74. The summed E-state index contributed by atoms with van der Waals surface area (Å²) in [7, 11) is 0. The van der Waals surface area contributed by atoms with Crippen LogP contribution in [0.2, 0.25) is 0 Å². The highest BCUT2D eigenvalue weighted by molar-refractivity contribution is 4.95. The predicted molar refractivity (Wildman–Crippen MR) is 82.9 cm³/mol. The molecule has 20 heavy (non-hydrogen) atoms. The molecule has 3 rings (SSSR count). The van der Waals surface area contributed by atoms with Gasteiger partial charge in [0.15, 0.2) is 0 Å². The van der Waals surface area contributed by atoms with Crippen LogP contribution in [-0.4, -0.2) is 49.8 Å². The minimum Gasteiger partial charge on any atom is -0.381 e. The summed E-state index contributed by atoms with van der Waals surface area (Å²) in [6.07, 6.45) is 6.89. The van der Waals surface area contributed by atoms with Crippen molar-refractivity contribution in [1.82, 2.24) is 10.2 Å². The van der Waals surface area contributed by atoms with E-state index in [4.69, 9.17) is 4.74 Å². The quantitative estimate of drug-likeness (QED) is 0.692. The summed E-state index contributed by atoms with van der Waals surface area (Å²) in [5.74, 6) is 2.61. The van der Waals surface area contributed by atoms with Gasteiger partial charge < -0.3 is 10.1 Å². The van der Waals surface area contributed by atoms with Gasteiger partial charge in [-0.25, -0.2) is 0 Å². The lowest BCUT2D eigenvalue weighted by molar-refractivity contribution is 0.0689. The van der Waals surface area contributed by atoms with Crippen molar-refractivity contribution in [1.29, 1.82) is 0 Å². The number of nitrogens with zero attached hydrogens (tertiary/aromatic N) is 1. The van der Waals surface area contributed by atoms with E-state index >= 15 is 0 Å². The number of rotatable bonds is 8. The smallest absolute Gasteiger partial charge is 0.0494 e. The van der Waals surface area contributed by atoms with Gasteiger partial charge in [-0.05, 0) is 49.9 Å². The van der Waals surface area contributed by atoms with E-state index in [9.17, 15) is 0 Å². The molecule has 3 nitrogen and oxygen atoms in total. The Morgan fingerprint density at radius 3 is 2.65 bits per heavy atom. The number of piperazine rings is 1. The van der Waals surface area contributed by atoms with Crippen LogP contribution in [-0.2, 0) is 4.74 Å². The Morgan fingerprint density at radius 1 is 1.20 bits per heavy atom. The molecule has 2 saturated carbocycles. The Morgan fingerprint density at radius 2 is 2.00 bits per heavy atom. The van der Waals surface area contributed by atoms with Crippen LogP contribution < -0.4 is 5.32 Å². The molecule has 0 bridgehead atoms. The SMILES string of the molecule is CC(C)C1CNC(C2CC2)CN1CCCOCC1CC1. The summed E-state index contributed by atoms with van der Waals surface area (Å²) in [4.78, 5) is 2.74. The molecule has 1 N–H and O–H groups in total. The summed E-state index contributed by atoms with van der Waals surface area (Å²) in [5, 5.41) is 3.79. The third kappa shape index (κ3) is 4.19. The largest absolute Gasteiger partial charge is 0.381 e. The van der Waals surface area contributed by atoms with Crippen LogP contribution in [0.4, 0.5) is 0 Å². The first-order valence-electron chi connectivity index (χ1n) is 8.79. The van der Waals surface area contributed by atoms with Crippen LogP contribution >= 0.6 is 0 Å². The Hall–Kier alpha value is -0.120. The summed E-state index contributed by atoms with van der Waals surface area (Å²) < 4.78 is 5.79. The van der Waals surface area contributed by atoms with Crippen molar-refractivity contribution < 1.29 is 4.74 Å². The number of hydrogen-bond acceptors (Lipinski definition) is 3. The van der Waals surface area contributed by atoms with Crippen molar-refractivity contribution in [2.45, 2.75) is 58.0 Å². The summed E-state index contributed by atoms with van der Waals surface area (Å²) >= 11 is 0. The van der Waals surface area contributed by atoms with Gasteiger partial charge in [0.25, 0.3) is 0 Å². The summed E-state index contributed by atoms with van der Waals surface area (Å²) in [6.45, 7) is 10.4. The van der Waals surface area contributed by atoms with Gasteiger partial charge in [0.2, 0.25) is 0 Å². The van der Waals surface area contributed by atoms with Crippen LogP contribution in [0.1, 0.15) is 46.0 Å². The van der Waals surface area contributed by atoms with Gasteiger partial charge in [-0.3, -0.25) is 4.90 Å². The second-order valence-electron chi connectivity index (χ2n) is 7.53. The van der Waals surface area contributed by atoms with E-state index in [1.54, 1.807) is 0 Å². The third-order valence-corrected chi connectivity index (χ3v) is 5.23. The molecule has 2 unspecified atom stereocenters. The molecule has 116 valence electrons. The molecule has 1 saturated heterocycles. The molecular formula is C17H32N2O. The monoisotopic (exact) mass is 280 g/mol. The van der Waals surface area contributed by atoms with Crippen molar-refractivity contribution in [3.63, 3.8) is 0 Å². The Balaban J connectivity index is 1.39. The number of hydrogen-bond donors (Lipinski definition) is 1. The zero-order valence-corrected chi connectivity index (χ0v) is 13.3. The van der Waals surface area contributed by atoms with Gasteiger partial charge in [-0.15, -0.1) is 0 Å². The molecule has 3 heteroatoms. The normalized spacial score (nSPS) is 31.9. The molecule has 0 aromatic rings. The summed E-state index contributed by atoms with van der Waals surface area (Å²) in [6, 6.07) is 1.48. The van der Waals surface area contributed by atoms with E-state index in [1.165, 1.54) is 51.7 Å². The topological polar surface area (TPSA) is 24.5 Å². The predicted octanol–water partition coefficient (Wildman–Crippen LogP) is 2.51. The van der Waals surface area contributed by atoms with Gasteiger partial charge in [-0.1, -0.05) is 13.8 Å². The van der Waals surface area contributed by atoms with Crippen molar-refractivity contribution in [2.24, 2.45) is 17.8 Å². The van der Waals surface area contributed by atoms with Crippen molar-refractivity contribution in [3.8, 4) is 0 Å². The minimum atomic E-state index is 0.716. The van der Waals surface area contributed by atoms with E-state index in [1.807, 2.05) is 0 Å². The van der Waals surface area contributed by atoms with E-state index in [0.717, 1.165) is 37.0 Å². The fraction of sp³-hybridized carbons (Fsp3) is 1.00. The maximum absolute atomic E-state index is 5.79. The first kappa shape index (κ1) is 14.8. The molecule has 3 aliphatic rings. The van der Waals surface area contributed by atoms with E-state index in [2.05, 4.69) is 24.1 Å². The summed E-state index contributed by atoms with van der Waals surface area (Å²) in [5.41, 5.74) is 0. The van der Waals surface area contributed by atoms with Crippen molar-refractivity contribution in [3.05, 3.63) is 0 Å². The molecule has 1 heterocycles. The number of nitrogens with one attached hydrogen (secondary N) is 1.